The van der Waals surface area contributed by atoms with Gasteiger partial charge in [-0.2, -0.15) is 5.26 Å². The molecule has 0 saturated heterocycles. The summed E-state index contributed by atoms with van der Waals surface area (Å²) in [4.78, 5) is 14.1. The van der Waals surface area contributed by atoms with Gasteiger partial charge in [-0.05, 0) is 39.6 Å². The number of aryl methyl sites for hydroxylation is 2. The molecular formula is C16H22N4O. The van der Waals surface area contributed by atoms with E-state index in [1.165, 1.54) is 6.20 Å². The van der Waals surface area contributed by atoms with E-state index in [4.69, 9.17) is 5.26 Å². The Morgan fingerprint density at radius 2 is 2.10 bits per heavy atom. The van der Waals surface area contributed by atoms with Gasteiger partial charge < -0.3 is 15.5 Å². The maximum Gasteiger partial charge on any atom is 0.267 e. The number of likely N-dealkylation sites (N-methyl/N-ethyl adjacent to an activating group) is 1. The normalized spacial score (nSPS) is 11.1. The maximum atomic E-state index is 12.1. The first-order chi connectivity index (χ1) is 9.93. The zero-order chi connectivity index (χ0) is 15.8. The number of nitriles is 1. The standard InChI is InChI=1S/C16H22N4O/c1-12-5-6-15(13(2)9-12)19-16(21)14(10-17)11-18-7-8-20(3)4/h5-6,9,11,18H,7-8H2,1-4H3,(H,19,21)/b14-11-. The topological polar surface area (TPSA) is 68.2 Å². The van der Waals surface area contributed by atoms with Crippen LogP contribution in [0.15, 0.2) is 30.0 Å². The van der Waals surface area contributed by atoms with Gasteiger partial charge in [-0.1, -0.05) is 17.7 Å². The lowest BCUT2D eigenvalue weighted by Gasteiger charge is -2.10. The van der Waals surface area contributed by atoms with Crippen molar-refractivity contribution < 1.29 is 4.79 Å². The fraction of sp³-hybridized carbons (Fsp3) is 0.375. The van der Waals surface area contributed by atoms with Crippen molar-refractivity contribution in [3.8, 4) is 6.07 Å². The van der Waals surface area contributed by atoms with E-state index >= 15 is 0 Å². The van der Waals surface area contributed by atoms with Gasteiger partial charge in [0.05, 0.1) is 0 Å². The van der Waals surface area contributed by atoms with E-state index in [0.29, 0.717) is 6.54 Å². The van der Waals surface area contributed by atoms with Crippen molar-refractivity contribution in [3.63, 3.8) is 0 Å². The highest BCUT2D eigenvalue weighted by Gasteiger charge is 2.10. The largest absolute Gasteiger partial charge is 0.388 e. The molecule has 0 bridgehead atoms. The number of anilines is 1. The summed E-state index contributed by atoms with van der Waals surface area (Å²) in [6.07, 6.45) is 1.46. The molecule has 1 rings (SSSR count). The molecule has 0 atom stereocenters. The minimum atomic E-state index is -0.401. The van der Waals surface area contributed by atoms with Crippen molar-refractivity contribution in [1.29, 1.82) is 5.26 Å². The van der Waals surface area contributed by atoms with E-state index in [1.54, 1.807) is 0 Å². The number of carbonyl (C=O) groups is 1. The fourth-order valence-corrected chi connectivity index (χ4v) is 1.75. The summed E-state index contributed by atoms with van der Waals surface area (Å²) in [5, 5.41) is 14.8. The van der Waals surface area contributed by atoms with Crippen LogP contribution in [-0.4, -0.2) is 38.0 Å². The van der Waals surface area contributed by atoms with Crippen LogP contribution in [0.1, 0.15) is 11.1 Å². The molecule has 0 aliphatic carbocycles. The van der Waals surface area contributed by atoms with Crippen molar-refractivity contribution in [2.24, 2.45) is 0 Å². The van der Waals surface area contributed by atoms with Crippen LogP contribution >= 0.6 is 0 Å². The van der Waals surface area contributed by atoms with Crippen molar-refractivity contribution in [1.82, 2.24) is 10.2 Å². The van der Waals surface area contributed by atoms with Gasteiger partial charge >= 0.3 is 0 Å². The number of nitrogens with one attached hydrogen (secondary N) is 2. The smallest absolute Gasteiger partial charge is 0.267 e. The van der Waals surface area contributed by atoms with Crippen LogP contribution in [0.5, 0.6) is 0 Å². The second-order valence-corrected chi connectivity index (χ2v) is 5.20. The SMILES string of the molecule is Cc1ccc(NC(=O)/C(C#N)=C\NCCN(C)C)c(C)c1. The summed E-state index contributed by atoms with van der Waals surface area (Å²) in [5.41, 5.74) is 2.89. The molecule has 0 radical (unpaired) electrons. The molecule has 1 aromatic carbocycles. The molecule has 5 heteroatoms. The number of nitrogens with zero attached hydrogens (tertiary/aromatic N) is 2. The lowest BCUT2D eigenvalue weighted by atomic mass is 10.1. The van der Waals surface area contributed by atoms with Gasteiger partial charge in [0, 0.05) is 25.0 Å². The Morgan fingerprint density at radius 1 is 1.38 bits per heavy atom. The van der Waals surface area contributed by atoms with Crippen molar-refractivity contribution in [2.45, 2.75) is 13.8 Å². The van der Waals surface area contributed by atoms with Gasteiger partial charge in [0.1, 0.15) is 11.6 Å². The molecule has 0 aliphatic heterocycles. The lowest BCUT2D eigenvalue weighted by molar-refractivity contribution is -0.112. The molecule has 2 N–H and O–H groups in total. The van der Waals surface area contributed by atoms with Crippen molar-refractivity contribution in [3.05, 3.63) is 41.1 Å². The predicted molar refractivity (Wildman–Crippen MR) is 84.8 cm³/mol. The average molecular weight is 286 g/mol. The minimum absolute atomic E-state index is 0.0636. The Hall–Kier alpha value is -2.32. The Morgan fingerprint density at radius 3 is 2.67 bits per heavy atom. The Labute approximate surface area is 126 Å². The molecule has 0 aliphatic rings. The van der Waals surface area contributed by atoms with Crippen LogP contribution < -0.4 is 10.6 Å². The van der Waals surface area contributed by atoms with Crippen molar-refractivity contribution in [2.75, 3.05) is 32.5 Å². The molecule has 112 valence electrons. The average Bonchev–Trinajstić information content (AvgIpc) is 2.41. The molecule has 1 amide bonds. The van der Waals surface area contributed by atoms with Crippen LogP contribution in [-0.2, 0) is 4.79 Å². The first-order valence-corrected chi connectivity index (χ1v) is 6.81. The Bertz CT molecular complexity index is 570. The molecule has 1 aromatic rings. The number of rotatable bonds is 6. The van der Waals surface area contributed by atoms with Gasteiger partial charge in [0.25, 0.3) is 5.91 Å². The highest BCUT2D eigenvalue weighted by Crippen LogP contribution is 2.16. The second kappa shape index (κ2) is 8.08. The zero-order valence-electron chi connectivity index (χ0n) is 13.0. The first kappa shape index (κ1) is 16.7. The molecular weight excluding hydrogens is 264 g/mol. The molecule has 0 heterocycles. The molecule has 5 nitrogen and oxygen atoms in total. The third-order valence-corrected chi connectivity index (χ3v) is 2.94. The monoisotopic (exact) mass is 286 g/mol. The second-order valence-electron chi connectivity index (χ2n) is 5.20. The van der Waals surface area contributed by atoms with E-state index in [1.807, 2.05) is 57.1 Å². The molecule has 0 saturated carbocycles. The number of hydrogen-bond acceptors (Lipinski definition) is 4. The third kappa shape index (κ3) is 5.67. The number of amides is 1. The van der Waals surface area contributed by atoms with Gasteiger partial charge in [0.15, 0.2) is 0 Å². The summed E-state index contributed by atoms with van der Waals surface area (Å²) in [7, 11) is 3.92. The fourth-order valence-electron chi connectivity index (χ4n) is 1.75. The summed E-state index contributed by atoms with van der Waals surface area (Å²) in [5.74, 6) is -0.401. The van der Waals surface area contributed by atoms with Gasteiger partial charge in [-0.25, -0.2) is 0 Å². The summed E-state index contributed by atoms with van der Waals surface area (Å²) >= 11 is 0. The summed E-state index contributed by atoms with van der Waals surface area (Å²) < 4.78 is 0. The quantitative estimate of drug-likeness (QED) is 0.475. The predicted octanol–water partition coefficient (Wildman–Crippen LogP) is 1.80. The molecule has 0 aromatic heterocycles. The number of hydrogen-bond donors (Lipinski definition) is 2. The van der Waals surface area contributed by atoms with Crippen molar-refractivity contribution >= 4 is 11.6 Å². The van der Waals surface area contributed by atoms with Crippen LogP contribution in [0, 0.1) is 25.2 Å². The molecule has 21 heavy (non-hydrogen) atoms. The number of benzene rings is 1. The highest BCUT2D eigenvalue weighted by atomic mass is 16.1. The van der Waals surface area contributed by atoms with E-state index in [0.717, 1.165) is 23.4 Å². The third-order valence-electron chi connectivity index (χ3n) is 2.94. The molecule has 0 spiro atoms. The minimum Gasteiger partial charge on any atom is -0.388 e. The van der Waals surface area contributed by atoms with Crippen LogP contribution in [0.3, 0.4) is 0 Å². The van der Waals surface area contributed by atoms with Gasteiger partial charge in [0.2, 0.25) is 0 Å². The zero-order valence-corrected chi connectivity index (χ0v) is 13.0. The first-order valence-electron chi connectivity index (χ1n) is 6.81. The van der Waals surface area contributed by atoms with E-state index in [-0.39, 0.29) is 5.57 Å². The van der Waals surface area contributed by atoms with E-state index < -0.39 is 5.91 Å². The highest BCUT2D eigenvalue weighted by molar-refractivity contribution is 6.06. The van der Waals surface area contributed by atoms with Gasteiger partial charge in [-0.3, -0.25) is 4.79 Å². The van der Waals surface area contributed by atoms with E-state index in [9.17, 15) is 4.79 Å². The summed E-state index contributed by atoms with van der Waals surface area (Å²) in [6.45, 7) is 5.42. The van der Waals surface area contributed by atoms with Crippen LogP contribution in [0.4, 0.5) is 5.69 Å². The number of carbonyl (C=O) groups excluding carboxylic acids is 1. The van der Waals surface area contributed by atoms with Crippen LogP contribution in [0.25, 0.3) is 0 Å². The Kier molecular flexibility index (Phi) is 6.44. The summed E-state index contributed by atoms with van der Waals surface area (Å²) in [6, 6.07) is 7.67. The molecule has 0 fully saturated rings. The molecule has 0 unspecified atom stereocenters. The lowest BCUT2D eigenvalue weighted by Crippen LogP contribution is -2.24. The van der Waals surface area contributed by atoms with Gasteiger partial charge in [-0.15, -0.1) is 0 Å². The Balaban J connectivity index is 2.67. The van der Waals surface area contributed by atoms with Crippen LogP contribution in [0.2, 0.25) is 0 Å². The van der Waals surface area contributed by atoms with E-state index in [2.05, 4.69) is 10.6 Å². The maximum absolute atomic E-state index is 12.1.